The van der Waals surface area contributed by atoms with E-state index in [1.54, 1.807) is 0 Å². The summed E-state index contributed by atoms with van der Waals surface area (Å²) >= 11 is 0. The second-order valence-corrected chi connectivity index (χ2v) is 9.57. The number of amides is 1. The predicted molar refractivity (Wildman–Crippen MR) is 114 cm³/mol. The molecule has 170 valence electrons. The second kappa shape index (κ2) is 9.88. The van der Waals surface area contributed by atoms with Crippen molar-refractivity contribution in [1.29, 1.82) is 0 Å². The van der Waals surface area contributed by atoms with Gasteiger partial charge in [0.1, 0.15) is 10.6 Å². The van der Waals surface area contributed by atoms with Crippen molar-refractivity contribution in [1.82, 2.24) is 19.8 Å². The number of carbonyl (C=O) groups is 1. The summed E-state index contributed by atoms with van der Waals surface area (Å²) in [5, 5.41) is 18.0. The molecule has 1 amide bonds. The van der Waals surface area contributed by atoms with Gasteiger partial charge < -0.3 is 10.1 Å². The maximum Gasteiger partial charge on any atom is 0.271 e. The average Bonchev–Trinajstić information content (AvgIpc) is 3.05. The number of aryl methyl sites for hydroxylation is 1. The van der Waals surface area contributed by atoms with Crippen LogP contribution in [0.1, 0.15) is 38.2 Å². The Balaban J connectivity index is 2.39. The molecule has 2 aromatic rings. The molecule has 31 heavy (non-hydrogen) atoms. The fraction of sp³-hybridized carbons (Fsp3) is 0.474. The summed E-state index contributed by atoms with van der Waals surface area (Å²) in [6.07, 6.45) is 0. The normalized spacial score (nSPS) is 11.7. The maximum absolute atomic E-state index is 12.8. The fourth-order valence-electron chi connectivity index (χ4n) is 2.42. The Morgan fingerprint density at radius 2 is 1.84 bits per heavy atom. The Labute approximate surface area is 181 Å². The number of aromatic nitrogens is 2. The third-order valence-electron chi connectivity index (χ3n) is 4.06. The van der Waals surface area contributed by atoms with Crippen LogP contribution in [0.4, 0.5) is 5.69 Å². The van der Waals surface area contributed by atoms with Gasteiger partial charge in [0, 0.05) is 38.3 Å². The highest BCUT2D eigenvalue weighted by Crippen LogP contribution is 2.32. The molecule has 0 aliphatic carbocycles. The van der Waals surface area contributed by atoms with E-state index in [0.717, 1.165) is 12.1 Å². The molecule has 1 aromatic carbocycles. The highest BCUT2D eigenvalue weighted by atomic mass is 32.2. The Bertz CT molecular complexity index is 1060. The molecule has 0 spiro atoms. The Morgan fingerprint density at radius 3 is 2.42 bits per heavy atom. The van der Waals surface area contributed by atoms with Crippen LogP contribution in [-0.2, 0) is 17.1 Å². The summed E-state index contributed by atoms with van der Waals surface area (Å²) in [6.45, 7) is 8.19. The molecule has 0 aliphatic heterocycles. The summed E-state index contributed by atoms with van der Waals surface area (Å²) in [5.41, 5.74) is -0.293. The number of hydrogen-bond acceptors (Lipinski definition) is 7. The van der Waals surface area contributed by atoms with Gasteiger partial charge in [0.05, 0.1) is 4.92 Å². The first-order valence-corrected chi connectivity index (χ1v) is 11.2. The molecule has 0 atom stereocenters. The largest absolute Gasteiger partial charge is 0.438 e. The van der Waals surface area contributed by atoms with Crippen molar-refractivity contribution in [3.05, 3.63) is 40.1 Å². The Morgan fingerprint density at radius 1 is 1.19 bits per heavy atom. The van der Waals surface area contributed by atoms with Crippen molar-refractivity contribution >= 4 is 21.6 Å². The minimum absolute atomic E-state index is 0.0295. The van der Waals surface area contributed by atoms with Crippen LogP contribution >= 0.6 is 0 Å². The number of rotatable bonds is 10. The van der Waals surface area contributed by atoms with E-state index in [4.69, 9.17) is 4.74 Å². The fourth-order valence-corrected chi connectivity index (χ4v) is 3.77. The van der Waals surface area contributed by atoms with Gasteiger partial charge in [-0.1, -0.05) is 27.7 Å². The number of nitro groups is 1. The minimum atomic E-state index is -4.09. The zero-order chi connectivity index (χ0) is 23.3. The van der Waals surface area contributed by atoms with Crippen molar-refractivity contribution in [2.24, 2.45) is 18.9 Å². The molecule has 0 aliphatic rings. The number of benzene rings is 1. The molecular formula is C19H27N5O6S. The molecule has 0 saturated heterocycles. The standard InChI is InChI=1S/C19H27N5O6S/c1-12(2)10-20-19(25)15-9-18(23(5)22-15)30-16-7-6-14(24(26)27)8-17(16)31(28,29)21-11-13(3)4/h6-9,12-13,21H,10-11H2,1-5H3,(H,20,25). The molecule has 0 radical (unpaired) electrons. The lowest BCUT2D eigenvalue weighted by Gasteiger charge is -2.13. The molecule has 11 nitrogen and oxygen atoms in total. The summed E-state index contributed by atoms with van der Waals surface area (Å²) in [7, 11) is -2.56. The molecule has 12 heteroatoms. The van der Waals surface area contributed by atoms with Gasteiger partial charge in [-0.3, -0.25) is 14.9 Å². The smallest absolute Gasteiger partial charge is 0.271 e. The minimum Gasteiger partial charge on any atom is -0.438 e. The lowest BCUT2D eigenvalue weighted by atomic mass is 10.2. The second-order valence-electron chi connectivity index (χ2n) is 7.83. The Hall–Kier alpha value is -2.99. The van der Waals surface area contributed by atoms with Crippen LogP contribution in [-0.4, -0.2) is 42.1 Å². The van der Waals surface area contributed by atoms with Gasteiger partial charge in [-0.15, -0.1) is 0 Å². The zero-order valence-electron chi connectivity index (χ0n) is 18.1. The third-order valence-corrected chi connectivity index (χ3v) is 5.51. The average molecular weight is 454 g/mol. The summed E-state index contributed by atoms with van der Waals surface area (Å²) in [6, 6.07) is 4.65. The van der Waals surface area contributed by atoms with Crippen LogP contribution in [0.5, 0.6) is 11.6 Å². The summed E-state index contributed by atoms with van der Waals surface area (Å²) in [4.78, 5) is 22.3. The van der Waals surface area contributed by atoms with Crippen molar-refractivity contribution in [3.63, 3.8) is 0 Å². The van der Waals surface area contributed by atoms with Crippen molar-refractivity contribution < 1.29 is 22.9 Å². The molecule has 0 bridgehead atoms. The molecule has 0 saturated carbocycles. The number of ether oxygens (including phenoxy) is 1. The highest BCUT2D eigenvalue weighted by Gasteiger charge is 2.25. The van der Waals surface area contributed by atoms with Crippen molar-refractivity contribution in [2.45, 2.75) is 32.6 Å². The molecule has 1 heterocycles. The van der Waals surface area contributed by atoms with E-state index in [2.05, 4.69) is 15.1 Å². The lowest BCUT2D eigenvalue weighted by molar-refractivity contribution is -0.385. The van der Waals surface area contributed by atoms with Crippen LogP contribution in [0.3, 0.4) is 0 Å². The molecule has 0 fully saturated rings. The molecule has 0 unspecified atom stereocenters. The van der Waals surface area contributed by atoms with E-state index < -0.39 is 26.5 Å². The Kier molecular flexibility index (Phi) is 7.74. The maximum atomic E-state index is 12.8. The van der Waals surface area contributed by atoms with Crippen LogP contribution in [0.15, 0.2) is 29.2 Å². The summed E-state index contributed by atoms with van der Waals surface area (Å²) < 4.78 is 34.9. The number of carbonyl (C=O) groups excluding carboxylic acids is 1. The van der Waals surface area contributed by atoms with Crippen LogP contribution < -0.4 is 14.8 Å². The van der Waals surface area contributed by atoms with Crippen LogP contribution in [0.2, 0.25) is 0 Å². The highest BCUT2D eigenvalue weighted by molar-refractivity contribution is 7.89. The van der Waals surface area contributed by atoms with E-state index in [1.165, 1.54) is 23.9 Å². The molecular weight excluding hydrogens is 426 g/mol. The van der Waals surface area contributed by atoms with Crippen LogP contribution in [0, 0.1) is 22.0 Å². The SMILES string of the molecule is CC(C)CNC(=O)c1cc(Oc2ccc([N+](=O)[O-])cc2S(=O)(=O)NCC(C)C)n(C)n1. The molecule has 2 rings (SSSR count). The third kappa shape index (κ3) is 6.49. The first kappa shape index (κ1) is 24.3. The van der Waals surface area contributed by atoms with Gasteiger partial charge in [0.25, 0.3) is 11.6 Å². The van der Waals surface area contributed by atoms with E-state index in [0.29, 0.717) is 6.54 Å². The van der Waals surface area contributed by atoms with Gasteiger partial charge in [0.2, 0.25) is 15.9 Å². The zero-order valence-corrected chi connectivity index (χ0v) is 18.9. The van der Waals surface area contributed by atoms with Crippen molar-refractivity contribution in [3.8, 4) is 11.6 Å². The van der Waals surface area contributed by atoms with Gasteiger partial charge >= 0.3 is 0 Å². The quantitative estimate of drug-likeness (QED) is 0.415. The van der Waals surface area contributed by atoms with Gasteiger partial charge in [-0.25, -0.2) is 17.8 Å². The number of non-ortho nitro benzene ring substituents is 1. The number of hydrogen-bond donors (Lipinski definition) is 2. The molecule has 2 N–H and O–H groups in total. The molecule has 1 aromatic heterocycles. The van der Waals surface area contributed by atoms with E-state index in [-0.39, 0.29) is 40.6 Å². The van der Waals surface area contributed by atoms with E-state index in [9.17, 15) is 23.3 Å². The summed E-state index contributed by atoms with van der Waals surface area (Å²) in [5.74, 6) is -0.131. The number of nitrogens with one attached hydrogen (secondary N) is 2. The van der Waals surface area contributed by atoms with Gasteiger partial charge in [-0.2, -0.15) is 5.10 Å². The van der Waals surface area contributed by atoms with Crippen molar-refractivity contribution in [2.75, 3.05) is 13.1 Å². The lowest BCUT2D eigenvalue weighted by Crippen LogP contribution is -2.28. The van der Waals surface area contributed by atoms with Crippen LogP contribution in [0.25, 0.3) is 0 Å². The van der Waals surface area contributed by atoms with E-state index >= 15 is 0 Å². The van der Waals surface area contributed by atoms with E-state index in [1.807, 2.05) is 27.7 Å². The number of nitro benzene ring substituents is 1. The first-order valence-electron chi connectivity index (χ1n) is 9.69. The van der Waals surface area contributed by atoms with Gasteiger partial charge in [-0.05, 0) is 17.9 Å². The van der Waals surface area contributed by atoms with Gasteiger partial charge in [0.15, 0.2) is 5.69 Å². The topological polar surface area (TPSA) is 145 Å². The number of nitrogens with zero attached hydrogens (tertiary/aromatic N) is 3. The predicted octanol–water partition coefficient (Wildman–Crippen LogP) is 2.44. The first-order chi connectivity index (χ1) is 14.4. The monoisotopic (exact) mass is 453 g/mol. The number of sulfonamides is 1.